The molecule has 1 aliphatic heterocycles. The first-order chi connectivity index (χ1) is 14.6. The fourth-order valence-corrected chi connectivity index (χ4v) is 3.89. The minimum Gasteiger partial charge on any atom is -0.455 e. The maximum Gasteiger partial charge on any atom is 0.287 e. The van der Waals surface area contributed by atoms with Crippen LogP contribution in [0.4, 0.5) is 10.1 Å². The number of rotatable bonds is 6. The molecule has 2 aliphatic rings. The van der Waals surface area contributed by atoms with E-state index in [1.54, 1.807) is 12.1 Å². The van der Waals surface area contributed by atoms with Gasteiger partial charge in [-0.3, -0.25) is 15.1 Å². The summed E-state index contributed by atoms with van der Waals surface area (Å²) in [5, 5.41) is 7.48. The summed E-state index contributed by atoms with van der Waals surface area (Å²) in [7, 11) is 0. The minimum absolute atomic E-state index is 0.194. The summed E-state index contributed by atoms with van der Waals surface area (Å²) < 4.78 is 24.4. The second-order valence-corrected chi connectivity index (χ2v) is 7.60. The molecular weight excluding hydrogens is 387 g/mol. The molecule has 1 aromatic carbocycles. The molecule has 2 heterocycles. The van der Waals surface area contributed by atoms with E-state index in [0.29, 0.717) is 18.0 Å². The Morgan fingerprint density at radius 1 is 1.20 bits per heavy atom. The van der Waals surface area contributed by atoms with E-state index in [4.69, 9.17) is 9.15 Å². The van der Waals surface area contributed by atoms with Crippen LogP contribution in [0.25, 0.3) is 0 Å². The number of halogens is 1. The van der Waals surface area contributed by atoms with Crippen molar-refractivity contribution in [3.05, 3.63) is 52.7 Å². The molecule has 1 amide bonds. The molecule has 0 atom stereocenters. The second-order valence-electron chi connectivity index (χ2n) is 7.60. The summed E-state index contributed by atoms with van der Waals surface area (Å²) in [6.45, 7) is 6.53. The summed E-state index contributed by atoms with van der Waals surface area (Å²) in [5.74, 6) is 0.680. The average Bonchev–Trinajstić information content (AvgIpc) is 3.11. The summed E-state index contributed by atoms with van der Waals surface area (Å²) >= 11 is 0. The molecule has 7 nitrogen and oxygen atoms in total. The first-order valence-electron chi connectivity index (χ1n) is 10.4. The van der Waals surface area contributed by atoms with Gasteiger partial charge in [-0.1, -0.05) is 0 Å². The fraction of sp³-hybridized carbons (Fsp3) is 0.455. The van der Waals surface area contributed by atoms with Gasteiger partial charge < -0.3 is 14.5 Å². The number of hydrazone groups is 1. The van der Waals surface area contributed by atoms with E-state index in [-0.39, 0.29) is 11.7 Å². The van der Waals surface area contributed by atoms with Crippen LogP contribution in [-0.4, -0.2) is 55.9 Å². The number of benzene rings is 1. The van der Waals surface area contributed by atoms with Crippen LogP contribution in [0, 0.1) is 12.7 Å². The van der Waals surface area contributed by atoms with Crippen LogP contribution in [0.15, 0.2) is 33.8 Å². The molecule has 2 N–H and O–H groups in total. The fourth-order valence-electron chi connectivity index (χ4n) is 3.89. The summed E-state index contributed by atoms with van der Waals surface area (Å²) in [5.41, 5.74) is 6.27. The number of nitrogens with one attached hydrogen (secondary N) is 2. The number of ether oxygens (including phenoxy) is 1. The SMILES string of the molecule is Cc1c(C(=O)NCCN2CCOCC2)oc2c1/C(=N/Nc1ccc(F)cc1)CCC2. The number of hydrogen-bond donors (Lipinski definition) is 2. The van der Waals surface area contributed by atoms with Crippen LogP contribution in [0.3, 0.4) is 0 Å². The molecule has 1 aromatic heterocycles. The van der Waals surface area contributed by atoms with Gasteiger partial charge in [0.2, 0.25) is 0 Å². The van der Waals surface area contributed by atoms with Gasteiger partial charge in [0.05, 0.1) is 24.6 Å². The third-order valence-electron chi connectivity index (χ3n) is 5.51. The molecule has 30 heavy (non-hydrogen) atoms. The van der Waals surface area contributed by atoms with Crippen molar-refractivity contribution in [1.82, 2.24) is 10.2 Å². The van der Waals surface area contributed by atoms with Crippen molar-refractivity contribution in [1.29, 1.82) is 0 Å². The number of fused-ring (bicyclic) bond motifs is 1. The molecule has 0 saturated carbocycles. The predicted octanol–water partition coefficient (Wildman–Crippen LogP) is 2.94. The largest absolute Gasteiger partial charge is 0.455 e. The number of morpholine rings is 1. The molecule has 0 bridgehead atoms. The molecule has 0 unspecified atom stereocenters. The molecule has 4 rings (SSSR count). The maximum atomic E-state index is 13.1. The van der Waals surface area contributed by atoms with Crippen LogP contribution in [0.1, 0.15) is 40.3 Å². The molecule has 1 fully saturated rings. The number of carbonyl (C=O) groups excluding carboxylic acids is 1. The maximum absolute atomic E-state index is 13.1. The highest BCUT2D eigenvalue weighted by atomic mass is 19.1. The van der Waals surface area contributed by atoms with Crippen LogP contribution < -0.4 is 10.7 Å². The zero-order chi connectivity index (χ0) is 20.9. The quantitative estimate of drug-likeness (QED) is 0.711. The Morgan fingerprint density at radius 3 is 2.73 bits per heavy atom. The Labute approximate surface area is 175 Å². The van der Waals surface area contributed by atoms with Gasteiger partial charge in [0, 0.05) is 43.7 Å². The minimum atomic E-state index is -0.289. The standard InChI is InChI=1S/C22H27FN4O3/c1-15-20-18(26-25-17-7-5-16(23)6-8-17)3-2-4-19(20)30-21(15)22(28)24-9-10-27-11-13-29-14-12-27/h5-8,25H,2-4,9-14H2,1H3,(H,24,28)/b26-18+. The van der Waals surface area contributed by atoms with Crippen LogP contribution >= 0.6 is 0 Å². The number of aryl methyl sites for hydroxylation is 1. The van der Waals surface area contributed by atoms with Crippen LogP contribution in [0.2, 0.25) is 0 Å². The smallest absolute Gasteiger partial charge is 0.287 e. The lowest BCUT2D eigenvalue weighted by molar-refractivity contribution is 0.0382. The zero-order valence-electron chi connectivity index (χ0n) is 17.2. The molecule has 1 saturated heterocycles. The van der Waals surface area contributed by atoms with Gasteiger partial charge in [-0.25, -0.2) is 4.39 Å². The van der Waals surface area contributed by atoms with E-state index in [2.05, 4.69) is 20.7 Å². The number of amides is 1. The van der Waals surface area contributed by atoms with Gasteiger partial charge in [0.15, 0.2) is 5.76 Å². The third-order valence-corrected chi connectivity index (χ3v) is 5.51. The molecule has 8 heteroatoms. The molecule has 0 spiro atoms. The van der Waals surface area contributed by atoms with E-state index >= 15 is 0 Å². The summed E-state index contributed by atoms with van der Waals surface area (Å²) in [6, 6.07) is 6.05. The highest BCUT2D eigenvalue weighted by molar-refractivity contribution is 6.06. The van der Waals surface area contributed by atoms with Crippen molar-refractivity contribution < 1.29 is 18.3 Å². The van der Waals surface area contributed by atoms with Crippen molar-refractivity contribution in [3.63, 3.8) is 0 Å². The number of nitrogens with zero attached hydrogens (tertiary/aromatic N) is 2. The first kappa shape index (κ1) is 20.6. The van der Waals surface area contributed by atoms with Crippen molar-refractivity contribution in [2.45, 2.75) is 26.2 Å². The van der Waals surface area contributed by atoms with Gasteiger partial charge in [-0.05, 0) is 44.0 Å². The van der Waals surface area contributed by atoms with Gasteiger partial charge in [0.1, 0.15) is 11.6 Å². The molecule has 1 aliphatic carbocycles. The van der Waals surface area contributed by atoms with Gasteiger partial charge in [-0.15, -0.1) is 0 Å². The van der Waals surface area contributed by atoms with Gasteiger partial charge in [-0.2, -0.15) is 5.10 Å². The second kappa shape index (κ2) is 9.40. The topological polar surface area (TPSA) is 79.1 Å². The normalized spacial score (nSPS) is 18.3. The Morgan fingerprint density at radius 2 is 1.97 bits per heavy atom. The van der Waals surface area contributed by atoms with Crippen LogP contribution in [0.5, 0.6) is 0 Å². The lowest BCUT2D eigenvalue weighted by Crippen LogP contribution is -2.41. The predicted molar refractivity (Wildman–Crippen MR) is 113 cm³/mol. The van der Waals surface area contributed by atoms with Gasteiger partial charge >= 0.3 is 0 Å². The molecule has 2 aromatic rings. The number of carbonyl (C=O) groups is 1. The zero-order valence-corrected chi connectivity index (χ0v) is 17.2. The lowest BCUT2D eigenvalue weighted by Gasteiger charge is -2.26. The Hall–Kier alpha value is -2.71. The third kappa shape index (κ3) is 4.71. The monoisotopic (exact) mass is 414 g/mol. The van der Waals surface area contributed by atoms with E-state index in [9.17, 15) is 9.18 Å². The number of hydrogen-bond acceptors (Lipinski definition) is 6. The highest BCUT2D eigenvalue weighted by Gasteiger charge is 2.28. The van der Waals surface area contributed by atoms with Crippen molar-refractivity contribution in [3.8, 4) is 0 Å². The molecular formula is C22H27FN4O3. The number of furan rings is 1. The summed E-state index contributed by atoms with van der Waals surface area (Å²) in [6.07, 6.45) is 2.48. The summed E-state index contributed by atoms with van der Waals surface area (Å²) in [4.78, 5) is 15.0. The van der Waals surface area contributed by atoms with Crippen molar-refractivity contribution in [2.75, 3.05) is 44.8 Å². The lowest BCUT2D eigenvalue weighted by atomic mass is 9.93. The van der Waals surface area contributed by atoms with E-state index in [1.807, 2.05) is 6.92 Å². The Bertz CT molecular complexity index is 917. The van der Waals surface area contributed by atoms with E-state index in [1.165, 1.54) is 12.1 Å². The van der Waals surface area contributed by atoms with Crippen molar-refractivity contribution in [2.24, 2.45) is 5.10 Å². The van der Waals surface area contributed by atoms with E-state index in [0.717, 1.165) is 74.7 Å². The number of anilines is 1. The highest BCUT2D eigenvalue weighted by Crippen LogP contribution is 2.30. The average molecular weight is 414 g/mol. The Kier molecular flexibility index (Phi) is 6.44. The first-order valence-corrected chi connectivity index (χ1v) is 10.4. The van der Waals surface area contributed by atoms with Gasteiger partial charge in [0.25, 0.3) is 5.91 Å². The van der Waals surface area contributed by atoms with E-state index < -0.39 is 0 Å². The van der Waals surface area contributed by atoms with Crippen LogP contribution in [-0.2, 0) is 11.2 Å². The molecule has 0 radical (unpaired) electrons. The van der Waals surface area contributed by atoms with Crippen molar-refractivity contribution >= 4 is 17.3 Å². The Balaban J connectivity index is 1.43. The molecule has 160 valence electrons.